The minimum absolute atomic E-state index is 0.0281. The van der Waals surface area contributed by atoms with Crippen molar-refractivity contribution in [3.8, 4) is 0 Å². The predicted octanol–water partition coefficient (Wildman–Crippen LogP) is 2.92. The van der Waals surface area contributed by atoms with Crippen molar-refractivity contribution >= 4 is 17.4 Å². The highest BCUT2D eigenvalue weighted by atomic mass is 16.2. The molecule has 1 aromatic rings. The smallest absolute Gasteiger partial charge is 0.322 e. The maximum atomic E-state index is 12.2. The van der Waals surface area contributed by atoms with Gasteiger partial charge in [-0.25, -0.2) is 4.79 Å². The van der Waals surface area contributed by atoms with E-state index < -0.39 is 0 Å². The predicted molar refractivity (Wildman–Crippen MR) is 74.4 cm³/mol. The fraction of sp³-hybridized carbons (Fsp3) is 0.500. The first kappa shape index (κ1) is 12.7. The third-order valence-corrected chi connectivity index (χ3v) is 3.77. The van der Waals surface area contributed by atoms with Crippen molar-refractivity contribution in [1.29, 1.82) is 0 Å². The van der Waals surface area contributed by atoms with E-state index in [4.69, 9.17) is 5.73 Å². The molecule has 1 saturated heterocycles. The number of benzene rings is 1. The standard InChI is InChI=1S/C14H21N3O/c1-10-5-4-8-17(11(10)2)14(18)16-13-7-3-6-12(15)9-13/h3,6-7,9-11H,4-5,8,15H2,1-2H3,(H,16,18). The number of urea groups is 1. The van der Waals surface area contributed by atoms with Gasteiger partial charge in [0.1, 0.15) is 0 Å². The molecule has 1 fully saturated rings. The Morgan fingerprint density at radius 3 is 2.94 bits per heavy atom. The Balaban J connectivity index is 2.03. The van der Waals surface area contributed by atoms with E-state index in [9.17, 15) is 4.79 Å². The van der Waals surface area contributed by atoms with Gasteiger partial charge in [-0.05, 0) is 43.9 Å². The molecule has 1 aromatic carbocycles. The summed E-state index contributed by atoms with van der Waals surface area (Å²) in [6, 6.07) is 7.54. The summed E-state index contributed by atoms with van der Waals surface area (Å²) in [4.78, 5) is 14.1. The van der Waals surface area contributed by atoms with Crippen LogP contribution in [-0.2, 0) is 0 Å². The van der Waals surface area contributed by atoms with Gasteiger partial charge in [-0.1, -0.05) is 13.0 Å². The number of likely N-dealkylation sites (tertiary alicyclic amines) is 1. The molecule has 0 aliphatic carbocycles. The number of amides is 2. The van der Waals surface area contributed by atoms with Gasteiger partial charge in [0.2, 0.25) is 0 Å². The Morgan fingerprint density at radius 1 is 1.44 bits per heavy atom. The number of hydrogen-bond donors (Lipinski definition) is 2. The van der Waals surface area contributed by atoms with Crippen LogP contribution in [0.5, 0.6) is 0 Å². The number of hydrogen-bond acceptors (Lipinski definition) is 2. The first-order valence-corrected chi connectivity index (χ1v) is 6.51. The second-order valence-electron chi connectivity index (χ2n) is 5.11. The van der Waals surface area contributed by atoms with Crippen LogP contribution in [0.15, 0.2) is 24.3 Å². The summed E-state index contributed by atoms with van der Waals surface area (Å²) in [5.41, 5.74) is 7.11. The van der Waals surface area contributed by atoms with E-state index >= 15 is 0 Å². The van der Waals surface area contributed by atoms with Crippen molar-refractivity contribution < 1.29 is 4.79 Å². The van der Waals surface area contributed by atoms with Crippen molar-refractivity contribution in [3.63, 3.8) is 0 Å². The summed E-state index contributed by atoms with van der Waals surface area (Å²) in [5, 5.41) is 2.91. The molecular weight excluding hydrogens is 226 g/mol. The van der Waals surface area contributed by atoms with Crippen LogP contribution < -0.4 is 11.1 Å². The highest BCUT2D eigenvalue weighted by Gasteiger charge is 2.28. The molecule has 2 rings (SSSR count). The number of nitrogen functional groups attached to an aromatic ring is 1. The largest absolute Gasteiger partial charge is 0.399 e. The molecule has 1 aliphatic rings. The zero-order chi connectivity index (χ0) is 13.1. The van der Waals surface area contributed by atoms with Gasteiger partial charge < -0.3 is 16.0 Å². The molecule has 0 bridgehead atoms. The second-order valence-corrected chi connectivity index (χ2v) is 5.11. The molecule has 1 heterocycles. The molecule has 0 aromatic heterocycles. The Hall–Kier alpha value is -1.71. The maximum Gasteiger partial charge on any atom is 0.322 e. The molecule has 0 saturated carbocycles. The molecule has 18 heavy (non-hydrogen) atoms. The molecule has 2 amide bonds. The molecule has 98 valence electrons. The fourth-order valence-electron chi connectivity index (χ4n) is 2.43. The van der Waals surface area contributed by atoms with Crippen LogP contribution in [0.1, 0.15) is 26.7 Å². The van der Waals surface area contributed by atoms with Crippen molar-refractivity contribution in [2.24, 2.45) is 5.92 Å². The monoisotopic (exact) mass is 247 g/mol. The van der Waals surface area contributed by atoms with Crippen LogP contribution in [-0.4, -0.2) is 23.5 Å². The average molecular weight is 247 g/mol. The van der Waals surface area contributed by atoms with Crippen LogP contribution in [0.4, 0.5) is 16.2 Å². The third kappa shape index (κ3) is 2.75. The van der Waals surface area contributed by atoms with Crippen LogP contribution in [0.2, 0.25) is 0 Å². The lowest BCUT2D eigenvalue weighted by Crippen LogP contribution is -2.47. The summed E-state index contributed by atoms with van der Waals surface area (Å²) in [7, 11) is 0. The Labute approximate surface area is 108 Å². The van der Waals surface area contributed by atoms with Gasteiger partial charge in [-0.15, -0.1) is 0 Å². The van der Waals surface area contributed by atoms with Crippen LogP contribution >= 0.6 is 0 Å². The van der Waals surface area contributed by atoms with E-state index in [1.54, 1.807) is 12.1 Å². The molecule has 0 radical (unpaired) electrons. The van der Waals surface area contributed by atoms with Gasteiger partial charge in [0, 0.05) is 24.0 Å². The van der Waals surface area contributed by atoms with Crippen LogP contribution in [0.3, 0.4) is 0 Å². The highest BCUT2D eigenvalue weighted by Crippen LogP contribution is 2.23. The molecule has 2 unspecified atom stereocenters. The SMILES string of the molecule is CC1CCCN(C(=O)Nc2cccc(N)c2)C1C. The summed E-state index contributed by atoms with van der Waals surface area (Å²) < 4.78 is 0. The van der Waals surface area contributed by atoms with E-state index in [1.807, 2.05) is 17.0 Å². The zero-order valence-corrected chi connectivity index (χ0v) is 11.0. The van der Waals surface area contributed by atoms with E-state index in [0.29, 0.717) is 17.6 Å². The molecule has 3 N–H and O–H groups in total. The van der Waals surface area contributed by atoms with Gasteiger partial charge in [0.15, 0.2) is 0 Å². The zero-order valence-electron chi connectivity index (χ0n) is 11.0. The second kappa shape index (κ2) is 5.29. The lowest BCUT2D eigenvalue weighted by molar-refractivity contribution is 0.139. The summed E-state index contributed by atoms with van der Waals surface area (Å²) in [6.07, 6.45) is 2.28. The topological polar surface area (TPSA) is 58.4 Å². The first-order chi connectivity index (χ1) is 8.58. The number of nitrogens with one attached hydrogen (secondary N) is 1. The maximum absolute atomic E-state index is 12.2. The fourth-order valence-corrected chi connectivity index (χ4v) is 2.43. The van der Waals surface area contributed by atoms with E-state index in [0.717, 1.165) is 18.7 Å². The molecule has 1 aliphatic heterocycles. The number of nitrogens with two attached hydrogens (primary N) is 1. The minimum atomic E-state index is -0.0281. The third-order valence-electron chi connectivity index (χ3n) is 3.77. The Morgan fingerprint density at radius 2 is 2.22 bits per heavy atom. The summed E-state index contributed by atoms with van der Waals surface area (Å²) in [5.74, 6) is 0.561. The lowest BCUT2D eigenvalue weighted by atomic mass is 9.92. The summed E-state index contributed by atoms with van der Waals surface area (Å²) >= 11 is 0. The minimum Gasteiger partial charge on any atom is -0.399 e. The quantitative estimate of drug-likeness (QED) is 0.750. The van der Waals surface area contributed by atoms with Crippen molar-refractivity contribution in [2.45, 2.75) is 32.7 Å². The number of nitrogens with zero attached hydrogens (tertiary/aromatic N) is 1. The van der Waals surface area contributed by atoms with Crippen molar-refractivity contribution in [1.82, 2.24) is 4.90 Å². The van der Waals surface area contributed by atoms with Gasteiger partial charge in [-0.3, -0.25) is 0 Å². The van der Waals surface area contributed by atoms with E-state index in [2.05, 4.69) is 19.2 Å². The van der Waals surface area contributed by atoms with Crippen molar-refractivity contribution in [2.75, 3.05) is 17.6 Å². The lowest BCUT2D eigenvalue weighted by Gasteiger charge is -2.37. The van der Waals surface area contributed by atoms with Gasteiger partial charge >= 0.3 is 6.03 Å². The molecular formula is C14H21N3O. The van der Waals surface area contributed by atoms with Crippen LogP contribution in [0, 0.1) is 5.92 Å². The summed E-state index contributed by atoms with van der Waals surface area (Å²) in [6.45, 7) is 5.15. The number of anilines is 2. The molecule has 0 spiro atoms. The number of carbonyl (C=O) groups is 1. The number of rotatable bonds is 1. The molecule has 4 nitrogen and oxygen atoms in total. The van der Waals surface area contributed by atoms with Gasteiger partial charge in [0.05, 0.1) is 0 Å². The first-order valence-electron chi connectivity index (χ1n) is 6.51. The van der Waals surface area contributed by atoms with Gasteiger partial charge in [0.25, 0.3) is 0 Å². The Kier molecular flexibility index (Phi) is 3.75. The van der Waals surface area contributed by atoms with Gasteiger partial charge in [-0.2, -0.15) is 0 Å². The molecule has 2 atom stereocenters. The normalized spacial score (nSPS) is 23.8. The van der Waals surface area contributed by atoms with E-state index in [-0.39, 0.29) is 6.03 Å². The van der Waals surface area contributed by atoms with E-state index in [1.165, 1.54) is 6.42 Å². The average Bonchev–Trinajstić information content (AvgIpc) is 2.32. The van der Waals surface area contributed by atoms with Crippen LogP contribution in [0.25, 0.3) is 0 Å². The number of piperidine rings is 1. The number of carbonyl (C=O) groups excluding carboxylic acids is 1. The van der Waals surface area contributed by atoms with Crippen molar-refractivity contribution in [3.05, 3.63) is 24.3 Å². The molecule has 4 heteroatoms. The highest BCUT2D eigenvalue weighted by molar-refractivity contribution is 5.90. The Bertz CT molecular complexity index is 433.